The first-order valence-electron chi connectivity index (χ1n) is 13.4. The minimum atomic E-state index is -1.17. The van der Waals surface area contributed by atoms with Gasteiger partial charge >= 0.3 is 12.0 Å². The van der Waals surface area contributed by atoms with E-state index in [9.17, 15) is 14.4 Å². The number of carbonyl (C=O) groups excluding carboxylic acids is 3. The first kappa shape index (κ1) is 27.0. The van der Waals surface area contributed by atoms with Crippen molar-refractivity contribution in [1.82, 2.24) is 25.9 Å². The van der Waals surface area contributed by atoms with E-state index in [1.807, 2.05) is 25.1 Å². The molecule has 1 saturated carbocycles. The lowest BCUT2D eigenvalue weighted by molar-refractivity contribution is -0.141. The van der Waals surface area contributed by atoms with Crippen LogP contribution in [0.2, 0.25) is 0 Å². The molecule has 1 aliphatic carbocycles. The normalized spacial score (nSPS) is 17.4. The van der Waals surface area contributed by atoms with Crippen LogP contribution in [0.15, 0.2) is 47.5 Å². The van der Waals surface area contributed by atoms with Gasteiger partial charge in [0.15, 0.2) is 0 Å². The standard InChI is InChI=1S/C28H32N8O4/c1-17-8-6-13-22-23(19-9-4-3-5-10-19)30-26(27(38)36(24(17)22)14-15-40-18(2)37)31-28(39)29-21-12-7-11-20(16-21)25-32-34-35-33-25/h6-8,11-13,16,19,26H,3-5,9-10,14-15H2,1-2H3,(H2,29,31,39)(H,32,33,34,35). The number of aromatic nitrogens is 4. The summed E-state index contributed by atoms with van der Waals surface area (Å²) in [7, 11) is 0. The van der Waals surface area contributed by atoms with Gasteiger partial charge in [0, 0.05) is 29.7 Å². The van der Waals surface area contributed by atoms with Gasteiger partial charge in [-0.1, -0.05) is 49.6 Å². The van der Waals surface area contributed by atoms with Crippen molar-refractivity contribution in [1.29, 1.82) is 0 Å². The van der Waals surface area contributed by atoms with Crippen molar-refractivity contribution in [2.24, 2.45) is 10.9 Å². The van der Waals surface area contributed by atoms with Gasteiger partial charge in [0.2, 0.25) is 12.0 Å². The molecule has 0 saturated heterocycles. The lowest BCUT2D eigenvalue weighted by Gasteiger charge is -2.27. The van der Waals surface area contributed by atoms with Crippen LogP contribution in [0.25, 0.3) is 11.4 Å². The van der Waals surface area contributed by atoms with Gasteiger partial charge in [0.25, 0.3) is 5.91 Å². The van der Waals surface area contributed by atoms with E-state index in [-0.39, 0.29) is 19.1 Å². The maximum Gasteiger partial charge on any atom is 0.321 e. The Hall–Kier alpha value is -4.61. The number of hydrogen-bond donors (Lipinski definition) is 3. The van der Waals surface area contributed by atoms with Crippen molar-refractivity contribution in [2.45, 2.75) is 52.1 Å². The van der Waals surface area contributed by atoms with Crippen molar-refractivity contribution in [3.63, 3.8) is 0 Å². The number of ether oxygens (including phenoxy) is 1. The number of hydrogen-bond acceptors (Lipinski definition) is 8. The Balaban J connectivity index is 1.45. The van der Waals surface area contributed by atoms with Crippen molar-refractivity contribution < 1.29 is 19.1 Å². The van der Waals surface area contributed by atoms with Crippen LogP contribution in [-0.4, -0.2) is 63.6 Å². The predicted molar refractivity (Wildman–Crippen MR) is 149 cm³/mol. The number of nitrogens with zero attached hydrogens (tertiary/aromatic N) is 5. The number of anilines is 2. The molecule has 1 aromatic heterocycles. The summed E-state index contributed by atoms with van der Waals surface area (Å²) in [6.45, 7) is 3.43. The van der Waals surface area contributed by atoms with Crippen LogP contribution in [0.3, 0.4) is 0 Å². The number of rotatable bonds is 7. The topological polar surface area (TPSA) is 155 Å². The Bertz CT molecular complexity index is 1420. The number of urea groups is 1. The number of para-hydroxylation sites is 1. The highest BCUT2D eigenvalue weighted by Crippen LogP contribution is 2.35. The first-order chi connectivity index (χ1) is 19.4. The summed E-state index contributed by atoms with van der Waals surface area (Å²) in [5.41, 5.74) is 4.49. The maximum absolute atomic E-state index is 14.0. The van der Waals surface area contributed by atoms with E-state index in [2.05, 4.69) is 31.3 Å². The fourth-order valence-corrected chi connectivity index (χ4v) is 5.36. The summed E-state index contributed by atoms with van der Waals surface area (Å²) in [5, 5.41) is 19.5. The van der Waals surface area contributed by atoms with Gasteiger partial charge < -0.3 is 20.3 Å². The molecule has 5 rings (SSSR count). The van der Waals surface area contributed by atoms with E-state index in [1.54, 1.807) is 29.2 Å². The maximum atomic E-state index is 14.0. The largest absolute Gasteiger partial charge is 0.464 e. The zero-order valence-electron chi connectivity index (χ0n) is 22.5. The Morgan fingerprint density at radius 3 is 2.67 bits per heavy atom. The average molecular weight is 545 g/mol. The molecule has 3 amide bonds. The van der Waals surface area contributed by atoms with Gasteiger partial charge in [0.05, 0.1) is 17.9 Å². The van der Waals surface area contributed by atoms with E-state index < -0.39 is 24.1 Å². The number of amides is 3. The van der Waals surface area contributed by atoms with Crippen LogP contribution in [0.1, 0.15) is 50.2 Å². The summed E-state index contributed by atoms with van der Waals surface area (Å²) in [4.78, 5) is 45.1. The number of aryl methyl sites for hydroxylation is 1. The van der Waals surface area contributed by atoms with Gasteiger partial charge in [-0.25, -0.2) is 4.79 Å². The van der Waals surface area contributed by atoms with E-state index in [1.165, 1.54) is 13.3 Å². The highest BCUT2D eigenvalue weighted by Gasteiger charge is 2.36. The van der Waals surface area contributed by atoms with Gasteiger partial charge in [-0.3, -0.25) is 14.6 Å². The van der Waals surface area contributed by atoms with E-state index in [4.69, 9.17) is 9.73 Å². The quantitative estimate of drug-likeness (QED) is 0.384. The van der Waals surface area contributed by atoms with Crippen LogP contribution in [-0.2, 0) is 14.3 Å². The molecule has 0 radical (unpaired) electrons. The first-order valence-corrected chi connectivity index (χ1v) is 13.4. The van der Waals surface area contributed by atoms with Crippen molar-refractivity contribution in [2.75, 3.05) is 23.4 Å². The number of benzene rings is 2. The molecular formula is C28H32N8O4. The number of aromatic amines is 1. The molecule has 1 fully saturated rings. The molecule has 40 heavy (non-hydrogen) atoms. The van der Waals surface area contributed by atoms with Crippen LogP contribution >= 0.6 is 0 Å². The number of fused-ring (bicyclic) bond motifs is 1. The zero-order valence-corrected chi connectivity index (χ0v) is 22.5. The van der Waals surface area contributed by atoms with Crippen LogP contribution in [0, 0.1) is 12.8 Å². The molecule has 1 aliphatic heterocycles. The number of benzodiazepines with no additional fused rings is 1. The minimum absolute atomic E-state index is 0.0232. The third kappa shape index (κ3) is 6.00. The Kier molecular flexibility index (Phi) is 8.13. The number of esters is 1. The number of aliphatic imine (C=N–C) groups is 1. The lowest BCUT2D eigenvalue weighted by atomic mass is 9.82. The van der Waals surface area contributed by atoms with Crippen molar-refractivity contribution >= 4 is 35.0 Å². The second-order valence-corrected chi connectivity index (χ2v) is 9.97. The van der Waals surface area contributed by atoms with Crippen molar-refractivity contribution in [3.8, 4) is 11.4 Å². The second-order valence-electron chi connectivity index (χ2n) is 9.97. The van der Waals surface area contributed by atoms with E-state index in [0.29, 0.717) is 17.1 Å². The highest BCUT2D eigenvalue weighted by molar-refractivity contribution is 6.14. The smallest absolute Gasteiger partial charge is 0.321 e. The molecule has 3 N–H and O–H groups in total. The lowest BCUT2D eigenvalue weighted by Crippen LogP contribution is -2.49. The second kappa shape index (κ2) is 12.1. The minimum Gasteiger partial charge on any atom is -0.464 e. The summed E-state index contributed by atoms with van der Waals surface area (Å²) in [5.74, 6) is -0.261. The Labute approximate surface area is 231 Å². The third-order valence-corrected chi connectivity index (χ3v) is 7.16. The SMILES string of the molecule is CC(=O)OCCN1C(=O)C(NC(=O)Nc2cccc(-c3nn[nH]n3)c2)N=C(C2CCCCC2)c2cccc(C)c21. The van der Waals surface area contributed by atoms with Gasteiger partial charge in [0.1, 0.15) is 6.61 Å². The molecule has 1 unspecified atom stereocenters. The predicted octanol–water partition coefficient (Wildman–Crippen LogP) is 3.60. The summed E-state index contributed by atoms with van der Waals surface area (Å²) in [6.07, 6.45) is 4.12. The van der Waals surface area contributed by atoms with Crippen LogP contribution in [0.5, 0.6) is 0 Å². The fourth-order valence-electron chi connectivity index (χ4n) is 5.36. The number of H-pyrrole nitrogens is 1. The van der Waals surface area contributed by atoms with Crippen LogP contribution in [0.4, 0.5) is 16.2 Å². The number of tetrazole rings is 1. The molecule has 1 atom stereocenters. The third-order valence-electron chi connectivity index (χ3n) is 7.16. The molecule has 12 nitrogen and oxygen atoms in total. The Morgan fingerprint density at radius 1 is 1.12 bits per heavy atom. The summed E-state index contributed by atoms with van der Waals surface area (Å²) >= 11 is 0. The Morgan fingerprint density at radius 2 is 1.93 bits per heavy atom. The van der Waals surface area contributed by atoms with E-state index >= 15 is 0 Å². The molecular weight excluding hydrogens is 512 g/mol. The molecule has 0 bridgehead atoms. The molecule has 208 valence electrons. The van der Waals surface area contributed by atoms with Gasteiger partial charge in [-0.2, -0.15) is 5.21 Å². The molecule has 2 heterocycles. The molecule has 0 spiro atoms. The number of carbonyl (C=O) groups is 3. The van der Waals surface area contributed by atoms with Crippen LogP contribution < -0.4 is 15.5 Å². The average Bonchev–Trinajstić information content (AvgIpc) is 3.46. The fraction of sp³-hybridized carbons (Fsp3) is 0.393. The highest BCUT2D eigenvalue weighted by atomic mass is 16.5. The molecule has 2 aliphatic rings. The van der Waals surface area contributed by atoms with Gasteiger partial charge in [-0.15, -0.1) is 10.2 Å². The zero-order chi connectivity index (χ0) is 28.1. The van der Waals surface area contributed by atoms with Gasteiger partial charge in [-0.05, 0) is 42.7 Å². The molecule has 3 aromatic rings. The summed E-state index contributed by atoms with van der Waals surface area (Å²) in [6, 6.07) is 12.3. The molecule has 2 aromatic carbocycles. The summed E-state index contributed by atoms with van der Waals surface area (Å²) < 4.78 is 5.18. The van der Waals surface area contributed by atoms with Crippen molar-refractivity contribution in [3.05, 3.63) is 53.6 Å². The number of nitrogens with one attached hydrogen (secondary N) is 3. The monoisotopic (exact) mass is 544 g/mol. The van der Waals surface area contributed by atoms with E-state index in [0.717, 1.165) is 48.2 Å². The molecule has 12 heteroatoms.